The maximum absolute atomic E-state index is 13.7. The van der Waals surface area contributed by atoms with Crippen LogP contribution in [0.4, 0.5) is 5.69 Å². The highest BCUT2D eigenvalue weighted by atomic mass is 32.2. The number of hydrogen-bond acceptors (Lipinski definition) is 5. The molecule has 2 aromatic heterocycles. The van der Waals surface area contributed by atoms with Gasteiger partial charge in [0.25, 0.3) is 5.56 Å². The van der Waals surface area contributed by atoms with E-state index in [-0.39, 0.29) is 11.5 Å². The Balaban J connectivity index is 1.53. The minimum atomic E-state index is -0.434. The van der Waals surface area contributed by atoms with E-state index in [4.69, 9.17) is 4.98 Å². The Labute approximate surface area is 194 Å². The van der Waals surface area contributed by atoms with Crippen LogP contribution >= 0.6 is 23.1 Å². The number of hydrogen-bond donors (Lipinski definition) is 1. The van der Waals surface area contributed by atoms with E-state index in [1.807, 2.05) is 68.4 Å². The molecule has 5 nitrogen and oxygen atoms in total. The number of amides is 1. The van der Waals surface area contributed by atoms with Gasteiger partial charge >= 0.3 is 0 Å². The highest BCUT2D eigenvalue weighted by Crippen LogP contribution is 2.44. The number of thioether (sulfide) groups is 1. The second-order valence-corrected chi connectivity index (χ2v) is 10.2. The molecule has 0 saturated heterocycles. The fraction of sp³-hybridized carbons (Fsp3) is 0.240. The number of thiophene rings is 1. The lowest BCUT2D eigenvalue weighted by Crippen LogP contribution is -2.26. The van der Waals surface area contributed by atoms with E-state index in [0.717, 1.165) is 45.6 Å². The average molecular weight is 462 g/mol. The van der Waals surface area contributed by atoms with Crippen molar-refractivity contribution in [2.45, 2.75) is 43.0 Å². The molecular formula is C25H23N3O2S2. The SMILES string of the molecule is Cc1ccccc1NC(=O)C(C)Sc1nc2scc(C3CC3)c2c(=O)n1-c1ccccc1. The highest BCUT2D eigenvalue weighted by molar-refractivity contribution is 8.00. The van der Waals surface area contributed by atoms with Gasteiger partial charge in [-0.2, -0.15) is 0 Å². The quantitative estimate of drug-likeness (QED) is 0.293. The second kappa shape index (κ2) is 8.56. The first-order chi connectivity index (χ1) is 15.5. The summed E-state index contributed by atoms with van der Waals surface area (Å²) >= 11 is 2.82. The topological polar surface area (TPSA) is 64.0 Å². The Morgan fingerprint density at radius 3 is 2.59 bits per heavy atom. The zero-order chi connectivity index (χ0) is 22.2. The maximum Gasteiger partial charge on any atom is 0.267 e. The fourth-order valence-electron chi connectivity index (χ4n) is 3.73. The molecule has 4 aromatic rings. The summed E-state index contributed by atoms with van der Waals surface area (Å²) in [7, 11) is 0. The number of rotatable bonds is 6. The first kappa shape index (κ1) is 21.0. The zero-order valence-corrected chi connectivity index (χ0v) is 19.5. The summed E-state index contributed by atoms with van der Waals surface area (Å²) in [6.07, 6.45) is 2.26. The molecule has 0 aliphatic heterocycles. The summed E-state index contributed by atoms with van der Waals surface area (Å²) in [4.78, 5) is 32.2. The average Bonchev–Trinajstić information content (AvgIpc) is 3.55. The first-order valence-corrected chi connectivity index (χ1v) is 12.4. The van der Waals surface area contributed by atoms with E-state index in [2.05, 4.69) is 10.7 Å². The molecule has 2 heterocycles. The van der Waals surface area contributed by atoms with Crippen molar-refractivity contribution >= 4 is 44.9 Å². The van der Waals surface area contributed by atoms with Crippen LogP contribution < -0.4 is 10.9 Å². The van der Waals surface area contributed by atoms with Gasteiger partial charge in [0.15, 0.2) is 5.16 Å². The molecule has 1 aliphatic rings. The Bertz CT molecular complexity index is 1360. The first-order valence-electron chi connectivity index (χ1n) is 10.7. The van der Waals surface area contributed by atoms with E-state index in [0.29, 0.717) is 11.1 Å². The molecule has 1 fully saturated rings. The van der Waals surface area contributed by atoms with Gasteiger partial charge in [0.05, 0.1) is 16.3 Å². The lowest BCUT2D eigenvalue weighted by atomic mass is 10.1. The smallest absolute Gasteiger partial charge is 0.267 e. The molecule has 0 radical (unpaired) electrons. The van der Waals surface area contributed by atoms with Crippen LogP contribution in [0.3, 0.4) is 0 Å². The Morgan fingerprint density at radius 1 is 1.16 bits per heavy atom. The number of carbonyl (C=O) groups excluding carboxylic acids is 1. The van der Waals surface area contributed by atoms with E-state index in [1.54, 1.807) is 4.57 Å². The lowest BCUT2D eigenvalue weighted by Gasteiger charge is -2.16. The standard InChI is InChI=1S/C25H23N3O2S2/c1-15-8-6-7-11-20(15)26-22(29)16(2)32-25-27-23-21(19(14-31-23)17-12-13-17)24(30)28(25)18-9-4-3-5-10-18/h3-11,14,16-17H,12-13H2,1-2H3,(H,26,29). The van der Waals surface area contributed by atoms with Crippen LogP contribution in [0.5, 0.6) is 0 Å². The molecule has 1 aliphatic carbocycles. The predicted molar refractivity (Wildman–Crippen MR) is 132 cm³/mol. The molecule has 1 saturated carbocycles. The molecule has 1 atom stereocenters. The minimum absolute atomic E-state index is 0.0571. The van der Waals surface area contributed by atoms with Crippen LogP contribution in [0.1, 0.15) is 36.8 Å². The van der Waals surface area contributed by atoms with E-state index in [1.165, 1.54) is 23.1 Å². The van der Waals surface area contributed by atoms with Crippen LogP contribution in [0.2, 0.25) is 0 Å². The number of aromatic nitrogens is 2. The van der Waals surface area contributed by atoms with Gasteiger partial charge < -0.3 is 5.32 Å². The summed E-state index contributed by atoms with van der Waals surface area (Å²) in [5.41, 5.74) is 3.62. The van der Waals surface area contributed by atoms with Crippen molar-refractivity contribution in [3.05, 3.63) is 81.5 Å². The van der Waals surface area contributed by atoms with Crippen molar-refractivity contribution in [2.75, 3.05) is 5.32 Å². The van der Waals surface area contributed by atoms with Gasteiger partial charge in [0.2, 0.25) is 5.91 Å². The number of carbonyl (C=O) groups is 1. The number of para-hydroxylation sites is 2. The van der Waals surface area contributed by atoms with Crippen LogP contribution in [0.25, 0.3) is 15.9 Å². The maximum atomic E-state index is 13.7. The lowest BCUT2D eigenvalue weighted by molar-refractivity contribution is -0.115. The summed E-state index contributed by atoms with van der Waals surface area (Å²) in [5, 5.41) is 5.90. The molecule has 32 heavy (non-hydrogen) atoms. The van der Waals surface area contributed by atoms with Gasteiger partial charge in [-0.15, -0.1) is 11.3 Å². The number of fused-ring (bicyclic) bond motifs is 1. The van der Waals surface area contributed by atoms with E-state index >= 15 is 0 Å². The molecule has 7 heteroatoms. The van der Waals surface area contributed by atoms with Crippen molar-refractivity contribution in [1.82, 2.24) is 9.55 Å². The van der Waals surface area contributed by atoms with E-state index < -0.39 is 5.25 Å². The van der Waals surface area contributed by atoms with Crippen LogP contribution in [-0.2, 0) is 4.79 Å². The van der Waals surface area contributed by atoms with Gasteiger partial charge in [-0.1, -0.05) is 48.2 Å². The summed E-state index contributed by atoms with van der Waals surface area (Å²) in [5.74, 6) is 0.350. The molecule has 1 N–H and O–H groups in total. The monoisotopic (exact) mass is 461 g/mol. The Hall–Kier alpha value is -2.90. The van der Waals surface area contributed by atoms with Crippen molar-refractivity contribution in [3.63, 3.8) is 0 Å². The summed E-state index contributed by atoms with van der Waals surface area (Å²) in [6.45, 7) is 3.80. The van der Waals surface area contributed by atoms with Crippen LogP contribution in [0.15, 0.2) is 69.9 Å². The second-order valence-electron chi connectivity index (χ2n) is 8.08. The normalized spacial score (nSPS) is 14.4. The molecule has 5 rings (SSSR count). The zero-order valence-electron chi connectivity index (χ0n) is 17.9. The van der Waals surface area contributed by atoms with Crippen molar-refractivity contribution in [3.8, 4) is 5.69 Å². The number of anilines is 1. The third kappa shape index (κ3) is 3.98. The third-order valence-corrected chi connectivity index (χ3v) is 7.63. The molecular weight excluding hydrogens is 438 g/mol. The largest absolute Gasteiger partial charge is 0.325 e. The Morgan fingerprint density at radius 2 is 1.88 bits per heavy atom. The molecule has 162 valence electrons. The Kier molecular flexibility index (Phi) is 5.61. The van der Waals surface area contributed by atoms with Gasteiger partial charge in [0, 0.05) is 5.69 Å². The van der Waals surface area contributed by atoms with Gasteiger partial charge in [0.1, 0.15) is 4.83 Å². The number of aryl methyl sites for hydroxylation is 1. The minimum Gasteiger partial charge on any atom is -0.325 e. The molecule has 0 bridgehead atoms. The molecule has 1 unspecified atom stereocenters. The molecule has 2 aromatic carbocycles. The molecule has 1 amide bonds. The third-order valence-electron chi connectivity index (χ3n) is 5.69. The molecule has 0 spiro atoms. The van der Waals surface area contributed by atoms with E-state index in [9.17, 15) is 9.59 Å². The van der Waals surface area contributed by atoms with Gasteiger partial charge in [-0.3, -0.25) is 14.2 Å². The number of nitrogens with one attached hydrogen (secondary N) is 1. The van der Waals surface area contributed by atoms with Gasteiger partial charge in [-0.25, -0.2) is 4.98 Å². The predicted octanol–water partition coefficient (Wildman–Crippen LogP) is 5.75. The van der Waals surface area contributed by atoms with Crippen molar-refractivity contribution in [2.24, 2.45) is 0 Å². The number of nitrogens with zero attached hydrogens (tertiary/aromatic N) is 2. The van der Waals surface area contributed by atoms with Crippen molar-refractivity contribution < 1.29 is 4.79 Å². The van der Waals surface area contributed by atoms with Gasteiger partial charge in [-0.05, 0) is 67.3 Å². The fourth-order valence-corrected chi connectivity index (χ4v) is 5.72. The summed E-state index contributed by atoms with van der Waals surface area (Å²) in [6, 6.07) is 17.2. The van der Waals surface area contributed by atoms with Crippen LogP contribution in [-0.4, -0.2) is 20.7 Å². The number of benzene rings is 2. The van der Waals surface area contributed by atoms with Crippen molar-refractivity contribution in [1.29, 1.82) is 0 Å². The van der Waals surface area contributed by atoms with Crippen LogP contribution in [0, 0.1) is 6.92 Å². The highest BCUT2D eigenvalue weighted by Gasteiger charge is 2.29. The summed E-state index contributed by atoms with van der Waals surface area (Å²) < 4.78 is 1.66.